The minimum atomic E-state index is -0.496. The second-order valence-electron chi connectivity index (χ2n) is 7.61. The average molecular weight is 417 g/mol. The van der Waals surface area contributed by atoms with Crippen molar-refractivity contribution in [1.82, 2.24) is 15.0 Å². The highest BCUT2D eigenvalue weighted by Gasteiger charge is 2.16. The van der Waals surface area contributed by atoms with E-state index in [0.717, 1.165) is 29.3 Å². The van der Waals surface area contributed by atoms with Crippen LogP contribution in [-0.4, -0.2) is 21.0 Å². The molecule has 5 rings (SSSR count). The van der Waals surface area contributed by atoms with E-state index in [1.54, 1.807) is 24.3 Å². The Balaban J connectivity index is 1.30. The maximum absolute atomic E-state index is 12.5. The molecule has 1 aliphatic carbocycles. The number of rotatable bonds is 5. The van der Waals surface area contributed by atoms with Crippen molar-refractivity contribution in [3.8, 4) is 0 Å². The van der Waals surface area contributed by atoms with Crippen molar-refractivity contribution >= 4 is 27.8 Å². The van der Waals surface area contributed by atoms with Gasteiger partial charge in [-0.3, -0.25) is 9.59 Å². The van der Waals surface area contributed by atoms with Crippen molar-refractivity contribution in [3.63, 3.8) is 0 Å². The smallest absolute Gasteiger partial charge is 0.336 e. The summed E-state index contributed by atoms with van der Waals surface area (Å²) in [5.41, 5.74) is 3.28. The summed E-state index contributed by atoms with van der Waals surface area (Å²) in [4.78, 5) is 36.7. The summed E-state index contributed by atoms with van der Waals surface area (Å²) in [6.45, 7) is 0.0126. The second-order valence-corrected chi connectivity index (χ2v) is 7.61. The first kappa shape index (κ1) is 19.2. The number of carbonyl (C=O) groups is 1. The quantitative estimate of drug-likeness (QED) is 0.363. The zero-order chi connectivity index (χ0) is 21.4. The van der Waals surface area contributed by atoms with Crippen LogP contribution in [0.1, 0.15) is 29.5 Å². The van der Waals surface area contributed by atoms with Crippen LogP contribution in [0.2, 0.25) is 0 Å². The number of esters is 1. The third-order valence-electron chi connectivity index (χ3n) is 5.59. The van der Waals surface area contributed by atoms with E-state index in [9.17, 15) is 14.4 Å². The van der Waals surface area contributed by atoms with Crippen LogP contribution in [0.25, 0.3) is 21.9 Å². The van der Waals surface area contributed by atoms with Gasteiger partial charge in [-0.25, -0.2) is 9.48 Å². The van der Waals surface area contributed by atoms with E-state index in [4.69, 9.17) is 9.15 Å². The fourth-order valence-electron chi connectivity index (χ4n) is 4.01. The lowest BCUT2D eigenvalue weighted by atomic mass is 10.0. The molecular formula is C23H19N3O5. The summed E-state index contributed by atoms with van der Waals surface area (Å²) in [5.74, 6) is -0.496. The fraction of sp³-hybridized carbons (Fsp3) is 0.261. The average Bonchev–Trinajstić information content (AvgIpc) is 3.23. The number of fused-ring (bicyclic) bond motifs is 3. The third kappa shape index (κ3) is 3.72. The van der Waals surface area contributed by atoms with Gasteiger partial charge >= 0.3 is 11.6 Å². The molecule has 0 bridgehead atoms. The van der Waals surface area contributed by atoms with Crippen LogP contribution >= 0.6 is 0 Å². The van der Waals surface area contributed by atoms with E-state index >= 15 is 0 Å². The predicted octanol–water partition coefficient (Wildman–Crippen LogP) is 2.52. The topological polar surface area (TPSA) is 104 Å². The molecular weight excluding hydrogens is 398 g/mol. The molecule has 0 spiro atoms. The van der Waals surface area contributed by atoms with Crippen LogP contribution in [0.15, 0.2) is 56.5 Å². The molecule has 0 unspecified atom stereocenters. The number of nitrogens with zero attached hydrogens (tertiary/aromatic N) is 3. The summed E-state index contributed by atoms with van der Waals surface area (Å²) in [5, 5.41) is 9.10. The Morgan fingerprint density at radius 2 is 1.87 bits per heavy atom. The number of aryl methyl sites for hydroxylation is 3. The first-order valence-electron chi connectivity index (χ1n) is 10.2. The minimum Gasteiger partial charge on any atom is -0.461 e. The molecule has 4 aromatic rings. The highest BCUT2D eigenvalue weighted by atomic mass is 16.5. The van der Waals surface area contributed by atoms with Gasteiger partial charge in [0.25, 0.3) is 5.56 Å². The van der Waals surface area contributed by atoms with Gasteiger partial charge in [-0.2, -0.15) is 0 Å². The van der Waals surface area contributed by atoms with Gasteiger partial charge in [0.2, 0.25) is 0 Å². The Morgan fingerprint density at radius 1 is 1.06 bits per heavy atom. The second kappa shape index (κ2) is 7.79. The van der Waals surface area contributed by atoms with Gasteiger partial charge in [0.15, 0.2) is 0 Å². The molecule has 8 nitrogen and oxygen atoms in total. The Bertz CT molecular complexity index is 1440. The highest BCUT2D eigenvalue weighted by molar-refractivity contribution is 5.82. The van der Waals surface area contributed by atoms with Crippen LogP contribution in [0.5, 0.6) is 0 Å². The first-order chi connectivity index (χ1) is 15.1. The Morgan fingerprint density at radius 3 is 2.74 bits per heavy atom. The standard InChI is InChI=1S/C23H19N3O5/c27-21(8-9-26-23(29)17-6-1-2-7-19(17)24-25-26)30-13-16-12-22(28)31-20-11-15-5-3-4-14(15)10-18(16)20/h1-2,6-7,10-12H,3-5,8-9,13H2. The summed E-state index contributed by atoms with van der Waals surface area (Å²) in [6, 6.07) is 12.2. The normalized spacial score (nSPS) is 12.9. The van der Waals surface area contributed by atoms with Crippen molar-refractivity contribution in [2.45, 2.75) is 38.8 Å². The van der Waals surface area contributed by atoms with E-state index < -0.39 is 11.6 Å². The minimum absolute atomic E-state index is 0.0400. The van der Waals surface area contributed by atoms with Crippen LogP contribution in [0, 0.1) is 0 Å². The van der Waals surface area contributed by atoms with Crippen molar-refractivity contribution in [1.29, 1.82) is 0 Å². The Hall–Kier alpha value is -3.81. The van der Waals surface area contributed by atoms with E-state index in [2.05, 4.69) is 10.3 Å². The molecule has 156 valence electrons. The van der Waals surface area contributed by atoms with Crippen molar-refractivity contribution in [2.24, 2.45) is 0 Å². The molecule has 1 aliphatic rings. The molecule has 0 radical (unpaired) electrons. The van der Waals surface area contributed by atoms with Crippen molar-refractivity contribution in [2.75, 3.05) is 0 Å². The molecule has 2 heterocycles. The van der Waals surface area contributed by atoms with E-state index in [0.29, 0.717) is 22.0 Å². The van der Waals surface area contributed by atoms with E-state index in [1.807, 2.05) is 12.1 Å². The fourth-order valence-corrected chi connectivity index (χ4v) is 4.01. The number of hydrogen-bond donors (Lipinski definition) is 0. The zero-order valence-corrected chi connectivity index (χ0v) is 16.7. The molecule has 0 saturated heterocycles. The number of ether oxygens (including phenoxy) is 1. The zero-order valence-electron chi connectivity index (χ0n) is 16.7. The molecule has 0 atom stereocenters. The largest absolute Gasteiger partial charge is 0.461 e. The molecule has 31 heavy (non-hydrogen) atoms. The molecule has 8 heteroatoms. The Kier molecular flexibility index (Phi) is 4.82. The van der Waals surface area contributed by atoms with Gasteiger partial charge in [-0.15, -0.1) is 5.10 Å². The number of carbonyl (C=O) groups excluding carboxylic acids is 1. The van der Waals surface area contributed by atoms with Gasteiger partial charge in [0, 0.05) is 17.0 Å². The van der Waals surface area contributed by atoms with Crippen LogP contribution in [-0.2, 0) is 35.5 Å². The SMILES string of the molecule is O=C(CCn1nnc2ccccc2c1=O)OCc1cc(=O)oc2cc3c(cc12)CCC3. The van der Waals surface area contributed by atoms with Crippen molar-refractivity contribution in [3.05, 3.63) is 79.9 Å². The van der Waals surface area contributed by atoms with E-state index in [-0.39, 0.29) is 25.1 Å². The summed E-state index contributed by atoms with van der Waals surface area (Å²) < 4.78 is 11.9. The lowest BCUT2D eigenvalue weighted by Gasteiger charge is -2.09. The van der Waals surface area contributed by atoms with Crippen LogP contribution in [0.3, 0.4) is 0 Å². The Labute approximate surface area is 176 Å². The van der Waals surface area contributed by atoms with Gasteiger partial charge in [0.1, 0.15) is 17.7 Å². The lowest BCUT2D eigenvalue weighted by Crippen LogP contribution is -2.25. The number of hydrogen-bond acceptors (Lipinski definition) is 7. The lowest BCUT2D eigenvalue weighted by molar-refractivity contribution is -0.145. The highest BCUT2D eigenvalue weighted by Crippen LogP contribution is 2.28. The maximum atomic E-state index is 12.5. The molecule has 0 N–H and O–H groups in total. The predicted molar refractivity (Wildman–Crippen MR) is 113 cm³/mol. The van der Waals surface area contributed by atoms with Crippen LogP contribution < -0.4 is 11.2 Å². The summed E-state index contributed by atoms with van der Waals surface area (Å²) >= 11 is 0. The van der Waals surface area contributed by atoms with E-state index in [1.165, 1.54) is 17.2 Å². The molecule has 0 saturated carbocycles. The molecule has 0 amide bonds. The number of benzene rings is 2. The monoisotopic (exact) mass is 417 g/mol. The number of aromatic nitrogens is 3. The van der Waals surface area contributed by atoms with Crippen LogP contribution in [0.4, 0.5) is 0 Å². The van der Waals surface area contributed by atoms with Gasteiger partial charge in [0.05, 0.1) is 18.4 Å². The maximum Gasteiger partial charge on any atom is 0.336 e. The molecule has 2 aromatic carbocycles. The third-order valence-corrected chi connectivity index (χ3v) is 5.59. The van der Waals surface area contributed by atoms with Gasteiger partial charge in [-0.1, -0.05) is 17.3 Å². The van der Waals surface area contributed by atoms with Crippen molar-refractivity contribution < 1.29 is 13.9 Å². The van der Waals surface area contributed by atoms with Gasteiger partial charge in [-0.05, 0) is 54.7 Å². The molecule has 2 aromatic heterocycles. The van der Waals surface area contributed by atoms with Gasteiger partial charge < -0.3 is 9.15 Å². The molecule has 0 fully saturated rings. The summed E-state index contributed by atoms with van der Waals surface area (Å²) in [6.07, 6.45) is 3.01. The summed E-state index contributed by atoms with van der Waals surface area (Å²) in [7, 11) is 0. The first-order valence-corrected chi connectivity index (χ1v) is 10.2. The molecule has 0 aliphatic heterocycles.